The average molecular weight is 238 g/mol. The van der Waals surface area contributed by atoms with Gasteiger partial charge in [-0.15, -0.1) is 0 Å². The second kappa shape index (κ2) is 7.20. The Kier molecular flexibility index (Phi) is 7.14. The van der Waals surface area contributed by atoms with Crippen molar-refractivity contribution in [2.75, 3.05) is 6.26 Å². The van der Waals surface area contributed by atoms with E-state index < -0.39 is 11.2 Å². The van der Waals surface area contributed by atoms with Crippen molar-refractivity contribution in [3.63, 3.8) is 0 Å². The van der Waals surface area contributed by atoms with Gasteiger partial charge in [0, 0.05) is 6.42 Å². The maximum absolute atomic E-state index is 13.4. The van der Waals surface area contributed by atoms with E-state index >= 15 is 0 Å². The van der Waals surface area contributed by atoms with Gasteiger partial charge in [-0.3, -0.25) is 4.79 Å². The van der Waals surface area contributed by atoms with E-state index in [1.807, 2.05) is 13.8 Å². The van der Waals surface area contributed by atoms with Crippen LogP contribution in [0, 0.1) is 5.92 Å². The first-order valence-corrected chi connectivity index (χ1v) is 6.67. The smallest absolute Gasteiger partial charge is 0.299 e. The van der Waals surface area contributed by atoms with E-state index in [2.05, 4.69) is 0 Å². The molecule has 1 unspecified atom stereocenters. The highest BCUT2D eigenvalue weighted by molar-refractivity contribution is 7.99. The van der Waals surface area contributed by atoms with Crippen LogP contribution in [-0.2, 0) is 4.79 Å². The third-order valence-corrected chi connectivity index (χ3v) is 3.25. The fourth-order valence-electron chi connectivity index (χ4n) is 1.47. The largest absolute Gasteiger partial charge is 0.303 e. The van der Waals surface area contributed by atoms with Crippen LogP contribution in [0.25, 0.3) is 0 Å². The van der Waals surface area contributed by atoms with Gasteiger partial charge in [0.25, 0.3) is 0 Å². The molecular weight excluding hydrogens is 218 g/mol. The number of hydrogen-bond donors (Lipinski definition) is 0. The van der Waals surface area contributed by atoms with Gasteiger partial charge in [0.15, 0.2) is 0 Å². The second-order valence-corrected chi connectivity index (χ2v) is 4.63. The number of carbonyl (C=O) groups excluding carboxylic acids is 1. The molecule has 90 valence electrons. The summed E-state index contributed by atoms with van der Waals surface area (Å²) in [5.74, 6) is -1.37. The quantitative estimate of drug-likeness (QED) is 0.632. The molecule has 1 atom stereocenters. The van der Waals surface area contributed by atoms with Crippen LogP contribution in [0.1, 0.15) is 46.0 Å². The minimum Gasteiger partial charge on any atom is -0.299 e. The number of carbonyl (C=O) groups is 1. The lowest BCUT2D eigenvalue weighted by atomic mass is 9.95. The van der Waals surface area contributed by atoms with Crippen LogP contribution in [0.2, 0.25) is 0 Å². The van der Waals surface area contributed by atoms with Crippen LogP contribution in [0.15, 0.2) is 0 Å². The predicted molar refractivity (Wildman–Crippen MR) is 61.4 cm³/mol. The predicted octanol–water partition coefficient (Wildman–Crippen LogP) is 4.12. The summed E-state index contributed by atoms with van der Waals surface area (Å²) in [6, 6.07) is 0. The molecule has 0 aliphatic rings. The fourth-order valence-corrected chi connectivity index (χ4v) is 2.01. The topological polar surface area (TPSA) is 17.1 Å². The third kappa shape index (κ3) is 4.96. The molecule has 0 fully saturated rings. The number of alkyl halides is 2. The zero-order chi connectivity index (χ0) is 11.9. The van der Waals surface area contributed by atoms with Crippen molar-refractivity contribution in [3.05, 3.63) is 0 Å². The van der Waals surface area contributed by atoms with Crippen LogP contribution >= 0.6 is 11.8 Å². The number of hydrogen-bond acceptors (Lipinski definition) is 2. The van der Waals surface area contributed by atoms with Crippen LogP contribution in [0.4, 0.5) is 8.78 Å². The monoisotopic (exact) mass is 238 g/mol. The molecule has 0 aromatic carbocycles. The van der Waals surface area contributed by atoms with Gasteiger partial charge in [0.1, 0.15) is 5.78 Å². The molecule has 0 saturated heterocycles. The highest BCUT2D eigenvalue weighted by Crippen LogP contribution is 2.38. The summed E-state index contributed by atoms with van der Waals surface area (Å²) in [7, 11) is 0. The summed E-state index contributed by atoms with van der Waals surface area (Å²) in [6.07, 6.45) is 4.14. The summed E-state index contributed by atoms with van der Waals surface area (Å²) in [5, 5.41) is -2.90. The Bertz CT molecular complexity index is 195. The van der Waals surface area contributed by atoms with Gasteiger partial charge in [0.05, 0.1) is 5.92 Å². The minimum absolute atomic E-state index is 0.280. The van der Waals surface area contributed by atoms with Gasteiger partial charge < -0.3 is 0 Å². The Morgan fingerprint density at radius 1 is 1.33 bits per heavy atom. The minimum atomic E-state index is -2.90. The van der Waals surface area contributed by atoms with E-state index in [-0.39, 0.29) is 18.6 Å². The first-order valence-electron chi connectivity index (χ1n) is 5.45. The van der Waals surface area contributed by atoms with Crippen LogP contribution in [0.5, 0.6) is 0 Å². The molecule has 0 aromatic heterocycles. The Morgan fingerprint density at radius 3 is 2.33 bits per heavy atom. The molecule has 0 saturated carbocycles. The Balaban J connectivity index is 4.43. The van der Waals surface area contributed by atoms with Crippen LogP contribution < -0.4 is 0 Å². The van der Waals surface area contributed by atoms with Crippen molar-refractivity contribution in [2.24, 2.45) is 5.92 Å². The lowest BCUT2D eigenvalue weighted by Gasteiger charge is -2.23. The van der Waals surface area contributed by atoms with E-state index in [1.54, 1.807) is 0 Å². The molecule has 0 aliphatic carbocycles. The van der Waals surface area contributed by atoms with E-state index in [4.69, 9.17) is 0 Å². The molecule has 1 nitrogen and oxygen atoms in total. The Labute approximate surface area is 95.0 Å². The van der Waals surface area contributed by atoms with E-state index in [0.29, 0.717) is 24.6 Å². The van der Waals surface area contributed by atoms with Crippen molar-refractivity contribution in [1.82, 2.24) is 0 Å². The summed E-state index contributed by atoms with van der Waals surface area (Å²) in [4.78, 5) is 11.6. The first-order chi connectivity index (χ1) is 6.99. The van der Waals surface area contributed by atoms with Crippen LogP contribution in [0.3, 0.4) is 0 Å². The maximum Gasteiger partial charge on any atom is 0.303 e. The zero-order valence-corrected chi connectivity index (χ0v) is 10.5. The van der Waals surface area contributed by atoms with Gasteiger partial charge in [-0.2, -0.15) is 8.78 Å². The number of unbranched alkanes of at least 4 members (excludes halogenated alkanes) is 1. The first kappa shape index (κ1) is 14.9. The van der Waals surface area contributed by atoms with Gasteiger partial charge in [0.2, 0.25) is 0 Å². The zero-order valence-electron chi connectivity index (χ0n) is 9.69. The van der Waals surface area contributed by atoms with Gasteiger partial charge >= 0.3 is 5.25 Å². The summed E-state index contributed by atoms with van der Waals surface area (Å²) < 4.78 is 26.8. The van der Waals surface area contributed by atoms with E-state index in [9.17, 15) is 13.6 Å². The summed E-state index contributed by atoms with van der Waals surface area (Å²) in [6.45, 7) is 3.78. The van der Waals surface area contributed by atoms with Gasteiger partial charge in [-0.1, -0.05) is 38.5 Å². The standard InChI is InChI=1S/C11H20F2OS/c1-4-6-8-10(14)9(7-5-2)11(12,13)15-3/h9H,4-8H2,1-3H3. The normalized spacial score (nSPS) is 13.9. The van der Waals surface area contributed by atoms with Gasteiger partial charge in [-0.05, 0) is 19.1 Å². The molecule has 0 rings (SSSR count). The van der Waals surface area contributed by atoms with Crippen molar-refractivity contribution in [3.8, 4) is 0 Å². The van der Waals surface area contributed by atoms with E-state index in [0.717, 1.165) is 6.42 Å². The van der Waals surface area contributed by atoms with Crippen molar-refractivity contribution in [2.45, 2.75) is 51.2 Å². The number of halogens is 2. The highest BCUT2D eigenvalue weighted by atomic mass is 32.2. The lowest BCUT2D eigenvalue weighted by molar-refractivity contribution is -0.129. The molecule has 0 N–H and O–H groups in total. The molecule has 0 heterocycles. The summed E-state index contributed by atoms with van der Waals surface area (Å²) >= 11 is 0.483. The van der Waals surface area contributed by atoms with Crippen LogP contribution in [-0.4, -0.2) is 17.3 Å². The van der Waals surface area contributed by atoms with Gasteiger partial charge in [-0.25, -0.2) is 0 Å². The summed E-state index contributed by atoms with van der Waals surface area (Å²) in [5.41, 5.74) is 0. The van der Waals surface area contributed by atoms with Crippen molar-refractivity contribution < 1.29 is 13.6 Å². The Morgan fingerprint density at radius 2 is 1.93 bits per heavy atom. The SMILES string of the molecule is CCCCC(=O)C(CCC)C(F)(F)SC. The lowest BCUT2D eigenvalue weighted by Crippen LogP contribution is -2.31. The number of thioether (sulfide) groups is 1. The fraction of sp³-hybridized carbons (Fsp3) is 0.909. The molecule has 15 heavy (non-hydrogen) atoms. The third-order valence-electron chi connectivity index (χ3n) is 2.42. The van der Waals surface area contributed by atoms with Crippen molar-refractivity contribution in [1.29, 1.82) is 0 Å². The average Bonchev–Trinajstić information content (AvgIpc) is 2.22. The molecule has 0 bridgehead atoms. The number of Topliss-reactive ketones (excluding diaryl/α,β-unsaturated/α-hetero) is 1. The molecule has 4 heteroatoms. The highest BCUT2D eigenvalue weighted by Gasteiger charge is 2.42. The Hall–Kier alpha value is -0.120. The number of ketones is 1. The number of rotatable bonds is 8. The molecular formula is C11H20F2OS. The molecule has 0 spiro atoms. The molecule has 0 radical (unpaired) electrons. The maximum atomic E-state index is 13.4. The molecule has 0 amide bonds. The molecule has 0 aliphatic heterocycles. The molecule has 0 aromatic rings. The van der Waals surface area contributed by atoms with E-state index in [1.165, 1.54) is 6.26 Å². The second-order valence-electron chi connectivity index (χ2n) is 3.68. The van der Waals surface area contributed by atoms with Crippen molar-refractivity contribution >= 4 is 17.5 Å².